The van der Waals surface area contributed by atoms with E-state index >= 15 is 0 Å². The van der Waals surface area contributed by atoms with Gasteiger partial charge in [-0.05, 0) is 0 Å². The molecule has 0 heterocycles. The van der Waals surface area contributed by atoms with Gasteiger partial charge >= 0.3 is 112 Å². The van der Waals surface area contributed by atoms with Crippen LogP contribution in [0.2, 0.25) is 0 Å². The van der Waals surface area contributed by atoms with Crippen LogP contribution in [0.15, 0.2) is 0 Å². The average molecular weight is 463 g/mol. The Bertz CT molecular complexity index is 12.5. The third kappa shape index (κ3) is 48.6. The van der Waals surface area contributed by atoms with Crippen LogP contribution in [0.4, 0.5) is 0 Å². The average Bonchev–Trinajstić information content (AvgIpc) is 1.81. The summed E-state index contributed by atoms with van der Waals surface area (Å²) in [6.45, 7) is 0. The van der Waals surface area contributed by atoms with Crippen LogP contribution in [-0.4, -0.2) is 88.8 Å². The molecule has 0 saturated heterocycles. The van der Waals surface area contributed by atoms with E-state index in [1.807, 2.05) is 0 Å². The van der Waals surface area contributed by atoms with Crippen LogP contribution in [0.25, 0.3) is 0 Å². The number of hydrogen-bond donors (Lipinski definition) is 0. The van der Waals surface area contributed by atoms with Gasteiger partial charge in [-0.15, -0.1) is 0 Å². The van der Waals surface area contributed by atoms with Crippen LogP contribution in [0.1, 0.15) is 0 Å². The first kappa shape index (κ1) is 29.5. The van der Waals surface area contributed by atoms with Gasteiger partial charge in [0.2, 0.25) is 0 Å². The molecule has 3 unspecified atom stereocenters. The number of hydrogen-bond acceptors (Lipinski definition) is 0. The van der Waals surface area contributed by atoms with Gasteiger partial charge in [-0.1, -0.05) is 0 Å². The summed E-state index contributed by atoms with van der Waals surface area (Å²) >= 11 is 4.15. The summed E-state index contributed by atoms with van der Waals surface area (Å²) in [5, 5.41) is 0. The summed E-state index contributed by atoms with van der Waals surface area (Å²) in [6, 6.07) is 0. The van der Waals surface area contributed by atoms with Gasteiger partial charge in [0.15, 0.2) is 0 Å². The van der Waals surface area contributed by atoms with Gasteiger partial charge in [-0.2, -0.15) is 0 Å². The molecule has 0 fully saturated rings. The molecule has 0 spiro atoms. The van der Waals surface area contributed by atoms with Crippen LogP contribution in [0.3, 0.4) is 0 Å². The predicted octanol–water partition coefficient (Wildman–Crippen LogP) is -0.927. The van der Waals surface area contributed by atoms with Crippen molar-refractivity contribution in [1.82, 2.24) is 0 Å². The first-order chi connectivity index (χ1) is 3.00. The molecule has 0 aromatic heterocycles. The molecule has 0 aliphatic heterocycles. The first-order valence-electron chi connectivity index (χ1n) is 0.775. The first-order valence-corrected chi connectivity index (χ1v) is 12.1. The Hall–Kier alpha value is 4.24. The van der Waals surface area contributed by atoms with Crippen molar-refractivity contribution >= 4 is 112 Å². The fourth-order valence-corrected chi connectivity index (χ4v) is 0. The Kier molecular flexibility index (Phi) is 242. The van der Waals surface area contributed by atoms with Crippen molar-refractivity contribution in [3.05, 3.63) is 0 Å². The van der Waals surface area contributed by atoms with Gasteiger partial charge in [0.1, 0.15) is 0 Å². The van der Waals surface area contributed by atoms with Crippen LogP contribution in [0, 0.1) is 0 Å². The van der Waals surface area contributed by atoms with E-state index in [0.717, 1.165) is 0 Å². The van der Waals surface area contributed by atoms with Crippen molar-refractivity contribution in [2.24, 2.45) is 0 Å². The summed E-state index contributed by atoms with van der Waals surface area (Å²) in [7, 11) is 10.8. The molecule has 0 amide bonds. The van der Waals surface area contributed by atoms with E-state index in [4.69, 9.17) is 0 Å². The normalized spacial score (nSPS) is 2.25. The Morgan fingerprint density at radius 1 is 0.500 bits per heavy atom. The molecule has 0 bridgehead atoms. The molecule has 0 rings (SSSR count). The minimum atomic E-state index is 0. The zero-order valence-electron chi connectivity index (χ0n) is 4.23. The van der Waals surface area contributed by atoms with Crippen LogP contribution < -0.4 is 0 Å². The fourth-order valence-electron chi connectivity index (χ4n) is 0. The van der Waals surface area contributed by atoms with Crippen molar-refractivity contribution in [3.63, 3.8) is 0 Å². The van der Waals surface area contributed by atoms with Crippen molar-refractivity contribution in [1.29, 1.82) is 0 Å². The molecular weight excluding hydrogens is 457 g/mol. The van der Waals surface area contributed by atoms with Gasteiger partial charge in [0, 0.05) is 0 Å². The summed E-state index contributed by atoms with van der Waals surface area (Å²) in [6.07, 6.45) is 0. The van der Waals surface area contributed by atoms with Gasteiger partial charge < -0.3 is 0 Å². The molecule has 0 nitrogen and oxygen atoms in total. The molecule has 0 aromatic carbocycles. The molecule has 8 heteroatoms. The molecule has 0 aliphatic rings. The van der Waals surface area contributed by atoms with Gasteiger partial charge in [-0.25, -0.2) is 0 Å². The Balaban J connectivity index is -0.00000000500. The molecule has 0 aliphatic carbocycles. The monoisotopic (exact) mass is 462 g/mol. The van der Waals surface area contributed by atoms with E-state index < -0.39 is 0 Å². The molecule has 0 saturated carbocycles. The SMILES string of the molecule is [Ga+3].[Ga+3].[P-2][AsH2].[P-2][AsH2].[P-2][AsH2]. The predicted molar refractivity (Wildman–Crippen MR) is 57.9 cm³/mol. The van der Waals surface area contributed by atoms with E-state index in [2.05, 4.69) is 23.4 Å². The molecule has 0 N–H and O–H groups in total. The maximum absolute atomic E-state index is 3.59. The fraction of sp³-hybridized carbons (Fsp3) is 0. The summed E-state index contributed by atoms with van der Waals surface area (Å²) in [5.41, 5.74) is 0. The molecule has 42 valence electrons. The quantitative estimate of drug-likeness (QED) is 0.322. The van der Waals surface area contributed by atoms with Gasteiger partial charge in [0.05, 0.1) is 0 Å². The second-order valence-electron chi connectivity index (χ2n) is 0. The Labute approximate surface area is 110 Å². The van der Waals surface area contributed by atoms with E-state index in [1.54, 1.807) is 0 Å². The summed E-state index contributed by atoms with van der Waals surface area (Å²) in [5.74, 6) is 0. The standard InChI is InChI=1S/3AsH2P.2Ga/c3*1-2;;/h3*1H2;;/q3*-2;2*+3. The molecule has 0 aromatic rings. The molecular formula is H6As3Ga2P3. The topological polar surface area (TPSA) is 0 Å². The number of rotatable bonds is 0. The molecule has 0 radical (unpaired) electrons. The van der Waals surface area contributed by atoms with Gasteiger partial charge in [-0.3, -0.25) is 0 Å². The second-order valence-corrected chi connectivity index (χ2v) is 0. The zero-order chi connectivity index (χ0) is 6.00. The van der Waals surface area contributed by atoms with Crippen molar-refractivity contribution in [2.45, 2.75) is 0 Å². The van der Waals surface area contributed by atoms with E-state index in [0.29, 0.717) is 0 Å². The molecule has 8 heavy (non-hydrogen) atoms. The Morgan fingerprint density at radius 3 is 0.500 bits per heavy atom. The second kappa shape index (κ2) is 65.6. The van der Waals surface area contributed by atoms with Gasteiger partial charge in [0.25, 0.3) is 0 Å². The third-order valence-corrected chi connectivity index (χ3v) is 0. The van der Waals surface area contributed by atoms with Crippen LogP contribution in [0.5, 0.6) is 0 Å². The van der Waals surface area contributed by atoms with Crippen molar-refractivity contribution < 1.29 is 0 Å². The zero-order valence-corrected chi connectivity index (χ0v) is 19.0. The van der Waals surface area contributed by atoms with Crippen LogP contribution >= 0.6 is 23.4 Å². The van der Waals surface area contributed by atoms with E-state index in [9.17, 15) is 0 Å². The Morgan fingerprint density at radius 2 is 0.500 bits per heavy atom. The van der Waals surface area contributed by atoms with Crippen LogP contribution in [-0.2, 0) is 0 Å². The minimum absolute atomic E-state index is 0. The summed E-state index contributed by atoms with van der Waals surface area (Å²) in [4.78, 5) is 0. The molecule has 3 atom stereocenters. The van der Waals surface area contributed by atoms with E-state index in [1.165, 1.54) is 49.2 Å². The maximum atomic E-state index is 3.59. The van der Waals surface area contributed by atoms with Crippen molar-refractivity contribution in [2.75, 3.05) is 0 Å². The third-order valence-electron chi connectivity index (χ3n) is 0. The summed E-state index contributed by atoms with van der Waals surface area (Å²) < 4.78 is 0. The van der Waals surface area contributed by atoms with Crippen molar-refractivity contribution in [3.8, 4) is 0 Å². The van der Waals surface area contributed by atoms with E-state index in [-0.39, 0.29) is 39.6 Å².